The Morgan fingerprint density at radius 1 is 1.30 bits per heavy atom. The van der Waals surface area contributed by atoms with Crippen molar-refractivity contribution in [1.29, 1.82) is 0 Å². The standard InChI is InChI=1S/C18H20N4O/c1-5-6-12-7-8-14-13(11-20-15(14)9-12)10-16-17(23)22(4)18(19-2)21(16)3/h5,7-11,20H,1,6H2,2-4H3/b16-10+,19-18-. The van der Waals surface area contributed by atoms with Crippen LogP contribution in [-0.4, -0.2) is 47.8 Å². The second-order valence-corrected chi connectivity index (χ2v) is 5.59. The summed E-state index contributed by atoms with van der Waals surface area (Å²) in [6.45, 7) is 3.77. The zero-order valence-corrected chi connectivity index (χ0v) is 13.6. The largest absolute Gasteiger partial charge is 0.361 e. The Hall–Kier alpha value is -2.82. The summed E-state index contributed by atoms with van der Waals surface area (Å²) in [5.41, 5.74) is 3.88. The molecule has 0 spiro atoms. The molecule has 2 heterocycles. The predicted octanol–water partition coefficient (Wildman–Crippen LogP) is 2.63. The summed E-state index contributed by atoms with van der Waals surface area (Å²) >= 11 is 0. The molecule has 1 saturated heterocycles. The van der Waals surface area contributed by atoms with Crippen molar-refractivity contribution in [3.63, 3.8) is 0 Å². The van der Waals surface area contributed by atoms with E-state index in [1.165, 1.54) is 5.56 Å². The Kier molecular flexibility index (Phi) is 3.78. The van der Waals surface area contributed by atoms with Gasteiger partial charge in [0.05, 0.1) is 0 Å². The molecule has 1 N–H and O–H groups in total. The fourth-order valence-electron chi connectivity index (χ4n) is 2.95. The van der Waals surface area contributed by atoms with Crippen LogP contribution in [0.25, 0.3) is 17.0 Å². The number of carbonyl (C=O) groups is 1. The summed E-state index contributed by atoms with van der Waals surface area (Å²) in [6.07, 6.45) is 6.56. The highest BCUT2D eigenvalue weighted by Gasteiger charge is 2.33. The third-order valence-corrected chi connectivity index (χ3v) is 4.14. The number of aromatic amines is 1. The lowest BCUT2D eigenvalue weighted by Crippen LogP contribution is -2.29. The molecule has 0 bridgehead atoms. The predicted molar refractivity (Wildman–Crippen MR) is 94.1 cm³/mol. The smallest absolute Gasteiger partial charge is 0.277 e. The van der Waals surface area contributed by atoms with Crippen LogP contribution in [0.4, 0.5) is 0 Å². The molecule has 0 saturated carbocycles. The van der Waals surface area contributed by atoms with Gasteiger partial charge < -0.3 is 9.88 Å². The Morgan fingerprint density at radius 2 is 2.09 bits per heavy atom. The van der Waals surface area contributed by atoms with Crippen LogP contribution in [0.3, 0.4) is 0 Å². The molecule has 5 heteroatoms. The fraction of sp³-hybridized carbons (Fsp3) is 0.222. The minimum atomic E-state index is -0.0503. The highest BCUT2D eigenvalue weighted by atomic mass is 16.2. The van der Waals surface area contributed by atoms with Crippen LogP contribution in [0.5, 0.6) is 0 Å². The van der Waals surface area contributed by atoms with Crippen molar-refractivity contribution in [2.45, 2.75) is 6.42 Å². The molecule has 0 unspecified atom stereocenters. The Bertz CT molecular complexity index is 844. The lowest BCUT2D eigenvalue weighted by atomic mass is 10.1. The van der Waals surface area contributed by atoms with Gasteiger partial charge in [-0.3, -0.25) is 14.7 Å². The van der Waals surface area contributed by atoms with Crippen LogP contribution in [0.2, 0.25) is 0 Å². The van der Waals surface area contributed by atoms with Crippen molar-refractivity contribution in [2.75, 3.05) is 21.1 Å². The van der Waals surface area contributed by atoms with E-state index in [9.17, 15) is 4.79 Å². The number of aromatic nitrogens is 1. The van der Waals surface area contributed by atoms with E-state index >= 15 is 0 Å². The zero-order chi connectivity index (χ0) is 16.6. The second-order valence-electron chi connectivity index (χ2n) is 5.59. The first-order valence-corrected chi connectivity index (χ1v) is 7.48. The van der Waals surface area contributed by atoms with Crippen LogP contribution in [0, 0.1) is 0 Å². The van der Waals surface area contributed by atoms with E-state index in [4.69, 9.17) is 0 Å². The maximum atomic E-state index is 12.4. The summed E-state index contributed by atoms with van der Waals surface area (Å²) in [5.74, 6) is 0.597. The number of hydrogen-bond donors (Lipinski definition) is 1. The van der Waals surface area contributed by atoms with E-state index < -0.39 is 0 Å². The maximum absolute atomic E-state index is 12.4. The Morgan fingerprint density at radius 3 is 2.74 bits per heavy atom. The minimum absolute atomic E-state index is 0.0503. The molecule has 1 amide bonds. The number of fused-ring (bicyclic) bond motifs is 1. The first-order valence-electron chi connectivity index (χ1n) is 7.48. The first-order chi connectivity index (χ1) is 11.1. The van der Waals surface area contributed by atoms with E-state index in [0.29, 0.717) is 11.7 Å². The number of H-pyrrole nitrogens is 1. The number of benzene rings is 1. The second kappa shape index (κ2) is 5.76. The molecule has 3 rings (SSSR count). The Labute approximate surface area is 135 Å². The highest BCUT2D eigenvalue weighted by molar-refractivity contribution is 6.15. The summed E-state index contributed by atoms with van der Waals surface area (Å²) in [7, 11) is 5.27. The number of aliphatic imine (C=N–C) groups is 1. The SMILES string of the molecule is C=CCc1ccc2c(/C=C3\C(=O)N(C)/C(=N\C)N3C)c[nH]c2c1. The van der Waals surface area contributed by atoms with E-state index in [2.05, 4.69) is 34.8 Å². The zero-order valence-electron chi connectivity index (χ0n) is 13.6. The van der Waals surface area contributed by atoms with Gasteiger partial charge in [0.15, 0.2) is 0 Å². The van der Waals surface area contributed by atoms with Gasteiger partial charge in [0, 0.05) is 43.8 Å². The number of amides is 1. The van der Waals surface area contributed by atoms with Crippen molar-refractivity contribution < 1.29 is 4.79 Å². The van der Waals surface area contributed by atoms with Gasteiger partial charge in [0.25, 0.3) is 5.91 Å². The third kappa shape index (κ3) is 2.44. The molecule has 1 fully saturated rings. The molecular weight excluding hydrogens is 288 g/mol. The number of hydrogen-bond acceptors (Lipinski definition) is 2. The van der Waals surface area contributed by atoms with Gasteiger partial charge >= 0.3 is 0 Å². The maximum Gasteiger partial charge on any atom is 0.277 e. The molecule has 1 aliphatic heterocycles. The molecule has 1 aromatic heterocycles. The lowest BCUT2D eigenvalue weighted by molar-refractivity contribution is -0.121. The highest BCUT2D eigenvalue weighted by Crippen LogP contribution is 2.26. The normalized spacial score (nSPS) is 18.7. The van der Waals surface area contributed by atoms with Crippen LogP contribution >= 0.6 is 0 Å². The number of carbonyl (C=O) groups excluding carboxylic acids is 1. The Balaban J connectivity index is 2.04. The molecular formula is C18H20N4O. The molecule has 0 aliphatic carbocycles. The van der Waals surface area contributed by atoms with Gasteiger partial charge in [0.1, 0.15) is 5.70 Å². The van der Waals surface area contributed by atoms with Crippen LogP contribution in [-0.2, 0) is 11.2 Å². The summed E-state index contributed by atoms with van der Waals surface area (Å²) < 4.78 is 0. The monoisotopic (exact) mass is 308 g/mol. The minimum Gasteiger partial charge on any atom is -0.361 e. The van der Waals surface area contributed by atoms with Crippen molar-refractivity contribution >= 4 is 28.8 Å². The average molecular weight is 308 g/mol. The van der Waals surface area contributed by atoms with E-state index in [1.54, 1.807) is 19.0 Å². The fourth-order valence-corrected chi connectivity index (χ4v) is 2.95. The van der Waals surface area contributed by atoms with Crippen molar-refractivity contribution in [3.8, 4) is 0 Å². The summed E-state index contributed by atoms with van der Waals surface area (Å²) in [4.78, 5) is 23.2. The van der Waals surface area contributed by atoms with Gasteiger partial charge in [-0.1, -0.05) is 18.2 Å². The summed E-state index contributed by atoms with van der Waals surface area (Å²) in [6, 6.07) is 6.28. The number of nitrogens with one attached hydrogen (secondary N) is 1. The van der Waals surface area contributed by atoms with E-state index in [1.807, 2.05) is 30.3 Å². The molecule has 2 aromatic rings. The average Bonchev–Trinajstić information content (AvgIpc) is 3.02. The van der Waals surface area contributed by atoms with Crippen molar-refractivity contribution in [2.24, 2.45) is 4.99 Å². The van der Waals surface area contributed by atoms with E-state index in [0.717, 1.165) is 22.9 Å². The number of likely N-dealkylation sites (N-methyl/N-ethyl adjacent to an activating group) is 2. The van der Waals surface area contributed by atoms with Gasteiger partial charge in [-0.25, -0.2) is 0 Å². The van der Waals surface area contributed by atoms with Crippen molar-refractivity contribution in [1.82, 2.24) is 14.8 Å². The molecule has 5 nitrogen and oxygen atoms in total. The topological polar surface area (TPSA) is 51.7 Å². The lowest BCUT2D eigenvalue weighted by Gasteiger charge is -2.12. The molecule has 1 aliphatic rings. The van der Waals surface area contributed by atoms with Crippen LogP contribution in [0.1, 0.15) is 11.1 Å². The number of guanidine groups is 1. The first kappa shape index (κ1) is 15.1. The molecule has 118 valence electrons. The van der Waals surface area contributed by atoms with Crippen LogP contribution in [0.15, 0.2) is 47.7 Å². The quantitative estimate of drug-likeness (QED) is 0.700. The third-order valence-electron chi connectivity index (χ3n) is 4.14. The molecule has 0 radical (unpaired) electrons. The van der Waals surface area contributed by atoms with Gasteiger partial charge in [-0.05, 0) is 24.1 Å². The van der Waals surface area contributed by atoms with Gasteiger partial charge in [0.2, 0.25) is 5.96 Å². The number of allylic oxidation sites excluding steroid dienone is 1. The van der Waals surface area contributed by atoms with E-state index in [-0.39, 0.29) is 5.91 Å². The van der Waals surface area contributed by atoms with Gasteiger partial charge in [-0.2, -0.15) is 0 Å². The summed E-state index contributed by atoms with van der Waals surface area (Å²) in [5, 5.41) is 1.09. The number of nitrogens with zero attached hydrogens (tertiary/aromatic N) is 3. The molecule has 0 atom stereocenters. The van der Waals surface area contributed by atoms with Gasteiger partial charge in [-0.15, -0.1) is 6.58 Å². The number of rotatable bonds is 3. The van der Waals surface area contributed by atoms with Crippen LogP contribution < -0.4 is 0 Å². The molecule has 1 aromatic carbocycles. The van der Waals surface area contributed by atoms with Crippen molar-refractivity contribution in [3.05, 3.63) is 53.9 Å². The molecule has 23 heavy (non-hydrogen) atoms.